The first-order valence-corrected chi connectivity index (χ1v) is 5.27. The van der Waals surface area contributed by atoms with Gasteiger partial charge in [0.25, 0.3) is 11.7 Å². The van der Waals surface area contributed by atoms with Crippen LogP contribution in [0.2, 0.25) is 0 Å². The Morgan fingerprint density at radius 2 is 2.06 bits per heavy atom. The highest BCUT2D eigenvalue weighted by atomic mass is 16.5. The number of aliphatic carboxylic acids is 1. The van der Waals surface area contributed by atoms with Crippen molar-refractivity contribution in [3.63, 3.8) is 0 Å². The van der Waals surface area contributed by atoms with Crippen LogP contribution in [0.5, 0.6) is 5.75 Å². The fourth-order valence-electron chi connectivity index (χ4n) is 1.78. The molecule has 0 bridgehead atoms. The number of ketones is 1. The van der Waals surface area contributed by atoms with Crippen molar-refractivity contribution in [2.75, 3.05) is 11.9 Å². The molecule has 1 unspecified atom stereocenters. The van der Waals surface area contributed by atoms with Crippen LogP contribution in [0.15, 0.2) is 18.2 Å². The second-order valence-electron chi connectivity index (χ2n) is 3.97. The van der Waals surface area contributed by atoms with Gasteiger partial charge in [0.15, 0.2) is 6.10 Å². The molecule has 6 heteroatoms. The van der Waals surface area contributed by atoms with Crippen molar-refractivity contribution < 1.29 is 24.2 Å². The van der Waals surface area contributed by atoms with E-state index < -0.39 is 17.9 Å². The number of anilines is 1. The van der Waals surface area contributed by atoms with E-state index in [2.05, 4.69) is 0 Å². The van der Waals surface area contributed by atoms with Gasteiger partial charge in [-0.15, -0.1) is 0 Å². The summed E-state index contributed by atoms with van der Waals surface area (Å²) in [6, 6.07) is 4.20. The number of hydrogen-bond acceptors (Lipinski definition) is 4. The number of carboxylic acid groups (broad SMARTS) is 1. The quantitative estimate of drug-likeness (QED) is 0.616. The molecule has 1 aliphatic heterocycles. The van der Waals surface area contributed by atoms with Gasteiger partial charge < -0.3 is 14.7 Å². The highest BCUT2D eigenvalue weighted by molar-refractivity contribution is 6.40. The number of fused-ring (bicyclic) bond motifs is 1. The number of rotatable bonds is 2. The van der Waals surface area contributed by atoms with Gasteiger partial charge in [-0.1, -0.05) is 0 Å². The lowest BCUT2D eigenvalue weighted by atomic mass is 10.1. The van der Waals surface area contributed by atoms with Crippen molar-refractivity contribution in [3.05, 3.63) is 23.8 Å². The summed E-state index contributed by atoms with van der Waals surface area (Å²) in [5.41, 5.74) is 0.407. The van der Waals surface area contributed by atoms with Crippen molar-refractivity contribution in [1.82, 2.24) is 0 Å². The fourth-order valence-corrected chi connectivity index (χ4v) is 1.78. The molecule has 0 aliphatic carbocycles. The molecule has 94 valence electrons. The molecule has 18 heavy (non-hydrogen) atoms. The monoisotopic (exact) mass is 249 g/mol. The number of hydrogen-bond donors (Lipinski definition) is 1. The molecule has 1 heterocycles. The Kier molecular flexibility index (Phi) is 2.78. The molecule has 1 N–H and O–H groups in total. The zero-order valence-corrected chi connectivity index (χ0v) is 9.84. The average molecular weight is 249 g/mol. The van der Waals surface area contributed by atoms with Gasteiger partial charge in [-0.05, 0) is 25.1 Å². The highest BCUT2D eigenvalue weighted by Crippen LogP contribution is 2.33. The van der Waals surface area contributed by atoms with Gasteiger partial charge in [-0.25, -0.2) is 4.79 Å². The van der Waals surface area contributed by atoms with E-state index >= 15 is 0 Å². The summed E-state index contributed by atoms with van der Waals surface area (Å²) in [6.07, 6.45) is -0.594. The third kappa shape index (κ3) is 1.81. The zero-order chi connectivity index (χ0) is 13.4. The SMILES string of the molecule is CC1Oc2ccc(C(=O)C(=O)O)cc2N(C)C1=O. The number of carbonyl (C=O) groups is 3. The van der Waals surface area contributed by atoms with Crippen LogP contribution in [0.4, 0.5) is 5.69 Å². The van der Waals surface area contributed by atoms with E-state index in [9.17, 15) is 14.4 Å². The van der Waals surface area contributed by atoms with Gasteiger partial charge in [0.05, 0.1) is 5.69 Å². The van der Waals surface area contributed by atoms with Crippen LogP contribution in [-0.2, 0) is 9.59 Å². The van der Waals surface area contributed by atoms with Crippen molar-refractivity contribution in [2.45, 2.75) is 13.0 Å². The summed E-state index contributed by atoms with van der Waals surface area (Å²) in [6.45, 7) is 1.62. The number of likely N-dealkylation sites (N-methyl/N-ethyl adjacent to an activating group) is 1. The number of carboxylic acids is 1. The van der Waals surface area contributed by atoms with Crippen LogP contribution in [0.25, 0.3) is 0 Å². The Labute approximate surface area is 103 Å². The number of nitrogens with zero attached hydrogens (tertiary/aromatic N) is 1. The molecule has 1 aliphatic rings. The molecule has 0 fully saturated rings. The lowest BCUT2D eigenvalue weighted by Crippen LogP contribution is -2.42. The topological polar surface area (TPSA) is 83.9 Å². The minimum atomic E-state index is -1.53. The largest absolute Gasteiger partial charge is 0.479 e. The molecule has 1 atom stereocenters. The van der Waals surface area contributed by atoms with E-state index in [1.807, 2.05) is 0 Å². The minimum absolute atomic E-state index is 0.0130. The first kappa shape index (κ1) is 12.1. The molecule has 0 saturated carbocycles. The Hall–Kier alpha value is -2.37. The lowest BCUT2D eigenvalue weighted by Gasteiger charge is -2.30. The summed E-state index contributed by atoms with van der Waals surface area (Å²) in [5, 5.41) is 8.64. The van der Waals surface area contributed by atoms with Gasteiger partial charge in [-0.2, -0.15) is 0 Å². The second kappa shape index (κ2) is 4.14. The number of ether oxygens (including phenoxy) is 1. The highest BCUT2D eigenvalue weighted by Gasteiger charge is 2.30. The molecule has 6 nitrogen and oxygen atoms in total. The Bertz CT molecular complexity index is 551. The summed E-state index contributed by atoms with van der Waals surface area (Å²) in [5.74, 6) is -2.35. The maximum atomic E-state index is 11.7. The van der Waals surface area contributed by atoms with E-state index in [-0.39, 0.29) is 11.5 Å². The minimum Gasteiger partial charge on any atom is -0.479 e. The summed E-state index contributed by atoms with van der Waals surface area (Å²) in [7, 11) is 1.55. The summed E-state index contributed by atoms with van der Waals surface area (Å²) >= 11 is 0. The van der Waals surface area contributed by atoms with Crippen LogP contribution in [0, 0.1) is 0 Å². The standard InChI is InChI=1S/C12H11NO5/c1-6-11(15)13(2)8-5-7(10(14)12(16)17)3-4-9(8)18-6/h3-6H,1-2H3,(H,16,17). The Balaban J connectivity index is 2.47. The van der Waals surface area contributed by atoms with Gasteiger partial charge in [0, 0.05) is 12.6 Å². The third-order valence-electron chi connectivity index (χ3n) is 2.76. The van der Waals surface area contributed by atoms with Crippen LogP contribution in [0.3, 0.4) is 0 Å². The number of amides is 1. The molecular formula is C12H11NO5. The van der Waals surface area contributed by atoms with Crippen LogP contribution in [-0.4, -0.2) is 35.9 Å². The van der Waals surface area contributed by atoms with E-state index in [0.29, 0.717) is 11.4 Å². The van der Waals surface area contributed by atoms with Crippen molar-refractivity contribution in [2.24, 2.45) is 0 Å². The molecule has 1 aromatic carbocycles. The molecule has 1 aromatic rings. The van der Waals surface area contributed by atoms with Crippen molar-refractivity contribution in [3.8, 4) is 5.75 Å². The second-order valence-corrected chi connectivity index (χ2v) is 3.97. The van der Waals surface area contributed by atoms with E-state index in [0.717, 1.165) is 0 Å². The van der Waals surface area contributed by atoms with Crippen LogP contribution >= 0.6 is 0 Å². The van der Waals surface area contributed by atoms with Gasteiger partial charge in [0.2, 0.25) is 0 Å². The Morgan fingerprint density at radius 1 is 1.39 bits per heavy atom. The predicted octanol–water partition coefficient (Wildman–Crippen LogP) is 0.698. The molecule has 0 radical (unpaired) electrons. The van der Waals surface area contributed by atoms with E-state index in [1.54, 1.807) is 14.0 Å². The Morgan fingerprint density at radius 3 is 2.67 bits per heavy atom. The number of Topliss-reactive ketones (excluding diaryl/α,β-unsaturated/α-hetero) is 1. The molecule has 0 spiro atoms. The summed E-state index contributed by atoms with van der Waals surface area (Å²) in [4.78, 5) is 35.0. The average Bonchev–Trinajstić information content (AvgIpc) is 2.35. The van der Waals surface area contributed by atoms with Gasteiger partial charge >= 0.3 is 5.97 Å². The molecule has 2 rings (SSSR count). The molecule has 1 amide bonds. The van der Waals surface area contributed by atoms with E-state index in [1.165, 1.54) is 23.1 Å². The first-order chi connectivity index (χ1) is 8.41. The molecule has 0 aromatic heterocycles. The normalized spacial score (nSPS) is 18.0. The number of carbonyl (C=O) groups excluding carboxylic acids is 2. The third-order valence-corrected chi connectivity index (χ3v) is 2.76. The van der Waals surface area contributed by atoms with E-state index in [4.69, 9.17) is 9.84 Å². The maximum absolute atomic E-state index is 11.7. The van der Waals surface area contributed by atoms with Crippen molar-refractivity contribution >= 4 is 23.3 Å². The van der Waals surface area contributed by atoms with Gasteiger partial charge in [0.1, 0.15) is 5.75 Å². The van der Waals surface area contributed by atoms with Crippen LogP contribution in [0.1, 0.15) is 17.3 Å². The number of benzene rings is 1. The smallest absolute Gasteiger partial charge is 0.377 e. The fraction of sp³-hybridized carbons (Fsp3) is 0.250. The lowest BCUT2D eigenvalue weighted by molar-refractivity contribution is -0.131. The summed E-state index contributed by atoms with van der Waals surface area (Å²) < 4.78 is 5.36. The predicted molar refractivity (Wildman–Crippen MR) is 61.9 cm³/mol. The van der Waals surface area contributed by atoms with Crippen molar-refractivity contribution in [1.29, 1.82) is 0 Å². The molecule has 0 saturated heterocycles. The first-order valence-electron chi connectivity index (χ1n) is 5.27. The van der Waals surface area contributed by atoms with Gasteiger partial charge in [-0.3, -0.25) is 9.59 Å². The zero-order valence-electron chi connectivity index (χ0n) is 9.84. The molecular weight excluding hydrogens is 238 g/mol. The van der Waals surface area contributed by atoms with Crippen LogP contribution < -0.4 is 9.64 Å². The maximum Gasteiger partial charge on any atom is 0.377 e.